The molecule has 6 nitrogen and oxygen atoms in total. The smallest absolute Gasteiger partial charge is 0.276 e. The minimum absolute atomic E-state index is 0.207. The lowest BCUT2D eigenvalue weighted by molar-refractivity contribution is -0.123. The van der Waals surface area contributed by atoms with E-state index in [2.05, 4.69) is 15.8 Å². The van der Waals surface area contributed by atoms with E-state index in [1.54, 1.807) is 24.4 Å². The van der Waals surface area contributed by atoms with Crippen LogP contribution in [0.4, 0.5) is 0 Å². The summed E-state index contributed by atoms with van der Waals surface area (Å²) >= 11 is 0. The Labute approximate surface area is 138 Å². The van der Waals surface area contributed by atoms with E-state index in [0.29, 0.717) is 11.3 Å². The van der Waals surface area contributed by atoms with Gasteiger partial charge in [-0.05, 0) is 23.6 Å². The molecule has 120 valence electrons. The minimum atomic E-state index is -0.458. The lowest BCUT2D eigenvalue weighted by Crippen LogP contribution is -2.43. The highest BCUT2D eigenvalue weighted by Gasteiger charge is 2.08. The van der Waals surface area contributed by atoms with Crippen LogP contribution in [0.2, 0.25) is 0 Å². The Balaban J connectivity index is 1.55. The topological polar surface area (TPSA) is 80.3 Å². The molecular weight excluding hydrogens is 306 g/mol. The molecule has 24 heavy (non-hydrogen) atoms. The number of hydrogen-bond donors (Lipinski definition) is 2. The molecule has 3 aromatic rings. The molecule has 3 rings (SSSR count). The molecule has 0 bridgehead atoms. The number of amides is 2. The monoisotopic (exact) mass is 321 g/mol. The molecule has 0 aliphatic rings. The number of nitrogens with one attached hydrogen (secondary N) is 2. The normalized spacial score (nSPS) is 10.2. The molecule has 0 unspecified atom stereocenters. The molecule has 0 fully saturated rings. The number of fused-ring (bicyclic) bond motifs is 1. The first-order valence-corrected chi connectivity index (χ1v) is 7.34. The van der Waals surface area contributed by atoms with E-state index in [9.17, 15) is 9.59 Å². The fourth-order valence-corrected chi connectivity index (χ4v) is 2.20. The third-order valence-electron chi connectivity index (χ3n) is 3.35. The lowest BCUT2D eigenvalue weighted by atomic mass is 10.1. The maximum Gasteiger partial charge on any atom is 0.276 e. The van der Waals surface area contributed by atoms with Crippen LogP contribution in [0.1, 0.15) is 10.4 Å². The van der Waals surface area contributed by atoms with Crippen molar-refractivity contribution in [2.24, 2.45) is 0 Å². The molecule has 6 heteroatoms. The molecule has 1 aromatic heterocycles. The molecule has 1 heterocycles. The largest absolute Gasteiger partial charge is 0.483 e. The van der Waals surface area contributed by atoms with Crippen LogP contribution in [0.3, 0.4) is 0 Å². The Morgan fingerprint density at radius 1 is 0.958 bits per heavy atom. The summed E-state index contributed by atoms with van der Waals surface area (Å²) in [5.41, 5.74) is 4.98. The van der Waals surface area contributed by atoms with Gasteiger partial charge in [-0.1, -0.05) is 36.4 Å². The quantitative estimate of drug-likeness (QED) is 0.721. The Bertz CT molecular complexity index is 860. The van der Waals surface area contributed by atoms with Crippen molar-refractivity contribution in [1.29, 1.82) is 0 Å². The van der Waals surface area contributed by atoms with Gasteiger partial charge in [0.1, 0.15) is 5.75 Å². The third kappa shape index (κ3) is 3.67. The van der Waals surface area contributed by atoms with E-state index in [1.807, 2.05) is 36.4 Å². The lowest BCUT2D eigenvalue weighted by Gasteiger charge is -2.10. The third-order valence-corrected chi connectivity index (χ3v) is 3.35. The SMILES string of the molecule is O=C(COc1cccc2ccccc12)NNC(=O)c1cccnc1. The number of aromatic nitrogens is 1. The van der Waals surface area contributed by atoms with Gasteiger partial charge in [-0.2, -0.15) is 0 Å². The first-order chi connectivity index (χ1) is 11.7. The van der Waals surface area contributed by atoms with Gasteiger partial charge in [0.05, 0.1) is 5.56 Å². The minimum Gasteiger partial charge on any atom is -0.483 e. The Morgan fingerprint density at radius 2 is 1.79 bits per heavy atom. The highest BCUT2D eigenvalue weighted by molar-refractivity contribution is 5.95. The van der Waals surface area contributed by atoms with Gasteiger partial charge >= 0.3 is 0 Å². The summed E-state index contributed by atoms with van der Waals surface area (Å²) in [6.45, 7) is -0.207. The second-order valence-corrected chi connectivity index (χ2v) is 5.01. The van der Waals surface area contributed by atoms with E-state index >= 15 is 0 Å². The number of ether oxygens (including phenoxy) is 1. The summed E-state index contributed by atoms with van der Waals surface area (Å²) < 4.78 is 5.54. The van der Waals surface area contributed by atoms with Crippen LogP contribution in [0.15, 0.2) is 67.0 Å². The first kappa shape index (κ1) is 15.5. The molecule has 0 atom stereocenters. The van der Waals surface area contributed by atoms with Crippen molar-refractivity contribution in [3.8, 4) is 5.75 Å². The van der Waals surface area contributed by atoms with Gasteiger partial charge in [-0.3, -0.25) is 25.4 Å². The number of benzene rings is 2. The zero-order valence-corrected chi connectivity index (χ0v) is 12.7. The average Bonchev–Trinajstić information content (AvgIpc) is 2.65. The molecule has 0 aliphatic carbocycles. The maximum atomic E-state index is 11.8. The number of nitrogens with zero attached hydrogens (tertiary/aromatic N) is 1. The van der Waals surface area contributed by atoms with Gasteiger partial charge in [0, 0.05) is 17.8 Å². The molecule has 0 saturated heterocycles. The van der Waals surface area contributed by atoms with Crippen molar-refractivity contribution in [2.45, 2.75) is 0 Å². The Morgan fingerprint density at radius 3 is 2.62 bits per heavy atom. The molecule has 0 radical (unpaired) electrons. The van der Waals surface area contributed by atoms with Crippen molar-refractivity contribution in [3.05, 3.63) is 72.6 Å². The molecular formula is C18H15N3O3. The van der Waals surface area contributed by atoms with E-state index in [4.69, 9.17) is 4.74 Å². The predicted octanol–water partition coefficient (Wildman–Crippen LogP) is 2.07. The van der Waals surface area contributed by atoms with Crippen LogP contribution < -0.4 is 15.6 Å². The second-order valence-electron chi connectivity index (χ2n) is 5.01. The summed E-state index contributed by atoms with van der Waals surface area (Å²) in [7, 11) is 0. The Hall–Kier alpha value is -3.41. The van der Waals surface area contributed by atoms with E-state index in [1.165, 1.54) is 6.20 Å². The molecule has 2 amide bonds. The van der Waals surface area contributed by atoms with Crippen LogP contribution in [0.25, 0.3) is 10.8 Å². The van der Waals surface area contributed by atoms with Gasteiger partial charge in [-0.25, -0.2) is 0 Å². The summed E-state index contributed by atoms with van der Waals surface area (Å²) in [6.07, 6.45) is 2.97. The standard InChI is InChI=1S/C18H15N3O3/c22-17(20-21-18(23)14-7-4-10-19-11-14)12-24-16-9-3-6-13-5-1-2-8-15(13)16/h1-11H,12H2,(H,20,22)(H,21,23). The number of carbonyl (C=O) groups is 2. The van der Waals surface area contributed by atoms with Gasteiger partial charge < -0.3 is 4.74 Å². The van der Waals surface area contributed by atoms with E-state index in [0.717, 1.165) is 10.8 Å². The summed E-state index contributed by atoms with van der Waals surface area (Å²) in [4.78, 5) is 27.5. The predicted molar refractivity (Wildman–Crippen MR) is 89.3 cm³/mol. The number of pyridine rings is 1. The number of hydrogen-bond acceptors (Lipinski definition) is 4. The Kier molecular flexibility index (Phi) is 4.67. The van der Waals surface area contributed by atoms with Crippen molar-refractivity contribution < 1.29 is 14.3 Å². The van der Waals surface area contributed by atoms with Crippen LogP contribution >= 0.6 is 0 Å². The van der Waals surface area contributed by atoms with Crippen molar-refractivity contribution in [1.82, 2.24) is 15.8 Å². The fraction of sp³-hybridized carbons (Fsp3) is 0.0556. The summed E-state index contributed by atoms with van der Waals surface area (Å²) in [5.74, 6) is -0.288. The van der Waals surface area contributed by atoms with Crippen LogP contribution in [-0.2, 0) is 4.79 Å². The molecule has 2 N–H and O–H groups in total. The van der Waals surface area contributed by atoms with Crippen molar-refractivity contribution in [2.75, 3.05) is 6.61 Å². The van der Waals surface area contributed by atoms with Crippen molar-refractivity contribution in [3.63, 3.8) is 0 Å². The van der Waals surface area contributed by atoms with Crippen molar-refractivity contribution >= 4 is 22.6 Å². The van der Waals surface area contributed by atoms with Gasteiger partial charge in [0.2, 0.25) is 0 Å². The molecule has 2 aromatic carbocycles. The average molecular weight is 321 g/mol. The van der Waals surface area contributed by atoms with Crippen LogP contribution in [-0.4, -0.2) is 23.4 Å². The molecule has 0 spiro atoms. The van der Waals surface area contributed by atoms with Gasteiger partial charge in [-0.15, -0.1) is 0 Å². The fourth-order valence-electron chi connectivity index (χ4n) is 2.20. The number of hydrazine groups is 1. The van der Waals surface area contributed by atoms with Crippen LogP contribution in [0, 0.1) is 0 Å². The van der Waals surface area contributed by atoms with E-state index < -0.39 is 11.8 Å². The number of rotatable bonds is 4. The van der Waals surface area contributed by atoms with Crippen LogP contribution in [0.5, 0.6) is 5.75 Å². The molecule has 0 aliphatic heterocycles. The summed E-state index contributed by atoms with van der Waals surface area (Å²) in [5, 5.41) is 1.95. The number of carbonyl (C=O) groups excluding carboxylic acids is 2. The zero-order chi connectivity index (χ0) is 16.8. The molecule has 0 saturated carbocycles. The first-order valence-electron chi connectivity index (χ1n) is 7.34. The highest BCUT2D eigenvalue weighted by Crippen LogP contribution is 2.24. The second kappa shape index (κ2) is 7.23. The van der Waals surface area contributed by atoms with E-state index in [-0.39, 0.29) is 6.61 Å². The maximum absolute atomic E-state index is 11.8. The van der Waals surface area contributed by atoms with Gasteiger partial charge in [0.15, 0.2) is 6.61 Å². The summed E-state index contributed by atoms with van der Waals surface area (Å²) in [6, 6.07) is 16.6. The highest BCUT2D eigenvalue weighted by atomic mass is 16.5. The zero-order valence-electron chi connectivity index (χ0n) is 12.7. The van der Waals surface area contributed by atoms with Gasteiger partial charge in [0.25, 0.3) is 11.8 Å².